The van der Waals surface area contributed by atoms with Crippen molar-refractivity contribution in [1.82, 2.24) is 4.98 Å². The summed E-state index contributed by atoms with van der Waals surface area (Å²) in [6, 6.07) is 5.80. The number of thiazole rings is 1. The van der Waals surface area contributed by atoms with Crippen LogP contribution in [0, 0.1) is 5.92 Å². The molecule has 1 amide bonds. The number of carbonyl (C=O) groups excluding carboxylic acids is 1. The van der Waals surface area contributed by atoms with E-state index in [1.54, 1.807) is 25.6 Å². The van der Waals surface area contributed by atoms with E-state index in [1.165, 1.54) is 4.90 Å². The predicted octanol–water partition coefficient (Wildman–Crippen LogP) is 1.11. The smallest absolute Gasteiger partial charge is 0.226 e. The van der Waals surface area contributed by atoms with Crippen LogP contribution in [0.5, 0.6) is 11.5 Å². The van der Waals surface area contributed by atoms with E-state index >= 15 is 0 Å². The van der Waals surface area contributed by atoms with Crippen molar-refractivity contribution in [2.24, 2.45) is 11.7 Å². The van der Waals surface area contributed by atoms with Gasteiger partial charge in [0.2, 0.25) is 5.91 Å². The van der Waals surface area contributed by atoms with Crippen LogP contribution in [0.15, 0.2) is 23.6 Å². The molecule has 0 aliphatic carbocycles. The zero-order chi connectivity index (χ0) is 17.8. The van der Waals surface area contributed by atoms with Crippen LogP contribution in [0.2, 0.25) is 0 Å². The van der Waals surface area contributed by atoms with Gasteiger partial charge < -0.3 is 20.1 Å². The summed E-state index contributed by atoms with van der Waals surface area (Å²) in [5, 5.41) is 2.99. The number of nitrogens with zero attached hydrogens (tertiary/aromatic N) is 1. The highest BCUT2D eigenvalue weighted by atomic mass is 32.1. The number of nitrogens with one attached hydrogen (secondary N) is 1. The number of quaternary nitrogens is 1. The predicted molar refractivity (Wildman–Crippen MR) is 97.0 cm³/mol. The van der Waals surface area contributed by atoms with Crippen molar-refractivity contribution in [3.8, 4) is 22.1 Å². The summed E-state index contributed by atoms with van der Waals surface area (Å²) in [4.78, 5) is 17.6. The average molecular weight is 362 g/mol. The molecule has 3 N–H and O–H groups in total. The molecule has 1 aliphatic rings. The quantitative estimate of drug-likeness (QED) is 0.807. The lowest BCUT2D eigenvalue weighted by molar-refractivity contribution is -0.921. The molecule has 6 nitrogen and oxygen atoms in total. The fourth-order valence-electron chi connectivity index (χ4n) is 3.38. The van der Waals surface area contributed by atoms with E-state index in [-0.39, 0.29) is 11.8 Å². The molecule has 1 unspecified atom stereocenters. The molecule has 0 saturated carbocycles. The molecule has 2 aromatic rings. The van der Waals surface area contributed by atoms with E-state index in [0.29, 0.717) is 11.5 Å². The van der Waals surface area contributed by atoms with E-state index in [0.717, 1.165) is 48.7 Å². The third-order valence-corrected chi connectivity index (χ3v) is 5.56. The summed E-state index contributed by atoms with van der Waals surface area (Å²) in [5.41, 5.74) is 7.44. The fraction of sp³-hybridized carbons (Fsp3) is 0.444. The fourth-order valence-corrected chi connectivity index (χ4v) is 4.22. The van der Waals surface area contributed by atoms with Gasteiger partial charge in [-0.05, 0) is 25.0 Å². The number of likely N-dealkylation sites (tertiary alicyclic amines) is 1. The van der Waals surface area contributed by atoms with Gasteiger partial charge >= 0.3 is 0 Å². The van der Waals surface area contributed by atoms with Gasteiger partial charge in [-0.15, -0.1) is 11.3 Å². The zero-order valence-corrected chi connectivity index (χ0v) is 15.4. The largest absolute Gasteiger partial charge is 0.493 e. The van der Waals surface area contributed by atoms with Crippen molar-refractivity contribution in [3.63, 3.8) is 0 Å². The minimum atomic E-state index is -0.183. The van der Waals surface area contributed by atoms with Crippen LogP contribution >= 0.6 is 11.3 Å². The number of amides is 1. The first-order valence-electron chi connectivity index (χ1n) is 8.41. The molecule has 134 valence electrons. The maximum absolute atomic E-state index is 11.4. The summed E-state index contributed by atoms with van der Waals surface area (Å²) in [6.45, 7) is 2.66. The van der Waals surface area contributed by atoms with Crippen LogP contribution < -0.4 is 20.1 Å². The summed E-state index contributed by atoms with van der Waals surface area (Å²) in [6.07, 6.45) is 1.94. The summed E-state index contributed by atoms with van der Waals surface area (Å²) in [5.74, 6) is 1.20. The molecule has 0 radical (unpaired) electrons. The van der Waals surface area contributed by atoms with Gasteiger partial charge in [0.15, 0.2) is 11.5 Å². The van der Waals surface area contributed by atoms with Gasteiger partial charge in [-0.2, -0.15) is 0 Å². The van der Waals surface area contributed by atoms with Gasteiger partial charge in [0, 0.05) is 5.38 Å². The van der Waals surface area contributed by atoms with Gasteiger partial charge in [0.05, 0.1) is 38.8 Å². The molecular formula is C18H24N3O3S+. The third kappa shape index (κ3) is 3.93. The SMILES string of the molecule is COc1cccc(-c2nc(C[NH+]3CCC[C@H](C(N)=O)C3)cs2)c1OC. The lowest BCUT2D eigenvalue weighted by Gasteiger charge is -2.27. The van der Waals surface area contributed by atoms with E-state index in [2.05, 4.69) is 5.38 Å². The molecular weight excluding hydrogens is 338 g/mol. The van der Waals surface area contributed by atoms with Gasteiger partial charge in [-0.1, -0.05) is 6.07 Å². The van der Waals surface area contributed by atoms with Gasteiger partial charge in [-0.3, -0.25) is 4.79 Å². The molecule has 1 fully saturated rings. The molecule has 0 bridgehead atoms. The number of benzene rings is 1. The number of rotatable bonds is 6. The Hall–Kier alpha value is -2.12. The molecule has 1 aromatic heterocycles. The van der Waals surface area contributed by atoms with Crippen molar-refractivity contribution in [2.75, 3.05) is 27.3 Å². The second-order valence-electron chi connectivity index (χ2n) is 6.31. The molecule has 25 heavy (non-hydrogen) atoms. The first-order valence-corrected chi connectivity index (χ1v) is 9.29. The van der Waals surface area contributed by atoms with E-state index in [1.807, 2.05) is 18.2 Å². The molecule has 1 aromatic carbocycles. The van der Waals surface area contributed by atoms with Crippen molar-refractivity contribution in [1.29, 1.82) is 0 Å². The van der Waals surface area contributed by atoms with Crippen LogP contribution in [-0.4, -0.2) is 38.2 Å². The summed E-state index contributed by atoms with van der Waals surface area (Å²) < 4.78 is 10.9. The maximum Gasteiger partial charge on any atom is 0.226 e. The number of nitrogens with two attached hydrogens (primary N) is 1. The molecule has 3 rings (SSSR count). The van der Waals surface area contributed by atoms with Crippen LogP contribution in [0.25, 0.3) is 10.6 Å². The normalized spacial score (nSPS) is 20.2. The van der Waals surface area contributed by atoms with Gasteiger partial charge in [0.1, 0.15) is 17.2 Å². The number of primary amides is 1. The first-order chi connectivity index (χ1) is 12.1. The van der Waals surface area contributed by atoms with Crippen LogP contribution in [0.3, 0.4) is 0 Å². The first kappa shape index (κ1) is 17.7. The number of hydrogen-bond acceptors (Lipinski definition) is 5. The Labute approximate surface area is 151 Å². The Kier molecular flexibility index (Phi) is 5.55. The Morgan fingerprint density at radius 1 is 1.40 bits per heavy atom. The summed E-state index contributed by atoms with van der Waals surface area (Å²) in [7, 11) is 3.27. The number of piperidine rings is 1. The number of hydrogen-bond donors (Lipinski definition) is 2. The lowest BCUT2D eigenvalue weighted by Crippen LogP contribution is -3.12. The van der Waals surface area contributed by atoms with Crippen LogP contribution in [0.1, 0.15) is 18.5 Å². The maximum atomic E-state index is 11.4. The van der Waals surface area contributed by atoms with Crippen molar-refractivity contribution < 1.29 is 19.2 Å². The van der Waals surface area contributed by atoms with Gasteiger partial charge in [-0.25, -0.2) is 4.98 Å². The molecule has 1 saturated heterocycles. The van der Waals surface area contributed by atoms with Crippen LogP contribution in [0.4, 0.5) is 0 Å². The Morgan fingerprint density at radius 2 is 2.24 bits per heavy atom. The van der Waals surface area contributed by atoms with E-state index in [4.69, 9.17) is 20.2 Å². The third-order valence-electron chi connectivity index (χ3n) is 4.64. The highest BCUT2D eigenvalue weighted by molar-refractivity contribution is 7.13. The molecule has 2 heterocycles. The van der Waals surface area contributed by atoms with E-state index in [9.17, 15) is 4.79 Å². The standard InChI is InChI=1S/C18H23N3O3S/c1-23-15-7-3-6-14(16(15)24-2)18-20-13(11-25-18)10-21-8-4-5-12(9-21)17(19)22/h3,6-7,11-12H,4-5,8-10H2,1-2H3,(H2,19,22)/p+1/t12-/m0/s1. The lowest BCUT2D eigenvalue weighted by atomic mass is 9.97. The highest BCUT2D eigenvalue weighted by Gasteiger charge is 2.27. The number of carbonyl (C=O) groups is 1. The van der Waals surface area contributed by atoms with Crippen molar-refractivity contribution in [3.05, 3.63) is 29.3 Å². The van der Waals surface area contributed by atoms with Crippen LogP contribution in [-0.2, 0) is 11.3 Å². The van der Waals surface area contributed by atoms with Crippen molar-refractivity contribution in [2.45, 2.75) is 19.4 Å². The van der Waals surface area contributed by atoms with E-state index < -0.39 is 0 Å². The molecule has 0 spiro atoms. The zero-order valence-electron chi connectivity index (χ0n) is 14.6. The monoisotopic (exact) mass is 362 g/mol. The minimum Gasteiger partial charge on any atom is -0.493 e. The second-order valence-corrected chi connectivity index (χ2v) is 7.17. The molecule has 2 atom stereocenters. The highest BCUT2D eigenvalue weighted by Crippen LogP contribution is 2.38. The number of methoxy groups -OCH3 is 2. The minimum absolute atomic E-state index is 0.0136. The average Bonchev–Trinajstić information content (AvgIpc) is 3.09. The Balaban J connectivity index is 1.76. The van der Waals surface area contributed by atoms with Gasteiger partial charge in [0.25, 0.3) is 0 Å². The topological polar surface area (TPSA) is 78.9 Å². The number of para-hydroxylation sites is 1. The van der Waals surface area contributed by atoms with Crippen molar-refractivity contribution >= 4 is 17.2 Å². The number of aromatic nitrogens is 1. The number of ether oxygens (including phenoxy) is 2. The summed E-state index contributed by atoms with van der Waals surface area (Å²) >= 11 is 1.60. The Bertz CT molecular complexity index is 747. The molecule has 7 heteroatoms. The Morgan fingerprint density at radius 3 is 2.96 bits per heavy atom. The second kappa shape index (κ2) is 7.84. The molecule has 1 aliphatic heterocycles.